The van der Waals surface area contributed by atoms with Crippen LogP contribution in [0.1, 0.15) is 32.0 Å². The number of H-pyrrole nitrogens is 1. The summed E-state index contributed by atoms with van der Waals surface area (Å²) in [5, 5.41) is 3.15. The van der Waals surface area contributed by atoms with Gasteiger partial charge in [0.15, 0.2) is 0 Å². The Balaban J connectivity index is 1.65. The molecule has 1 aromatic heterocycles. The van der Waals surface area contributed by atoms with Crippen molar-refractivity contribution in [1.82, 2.24) is 9.97 Å². The molecule has 1 heterocycles. The average molecular weight is 251 g/mol. The molecule has 1 aliphatic rings. The van der Waals surface area contributed by atoms with Crippen molar-refractivity contribution in [1.29, 1.82) is 0 Å². The molecule has 5 nitrogen and oxygen atoms in total. The van der Waals surface area contributed by atoms with Gasteiger partial charge < -0.3 is 15.0 Å². The maximum Gasteiger partial charge on any atom is 0.252 e. The Bertz CT molecular complexity index is 426. The number of aromatic nitrogens is 2. The van der Waals surface area contributed by atoms with E-state index in [0.29, 0.717) is 5.82 Å². The lowest BCUT2D eigenvalue weighted by atomic mass is 10.4. The molecular weight excluding hydrogens is 230 g/mol. The van der Waals surface area contributed by atoms with Crippen molar-refractivity contribution in [2.24, 2.45) is 5.92 Å². The summed E-state index contributed by atoms with van der Waals surface area (Å²) in [4.78, 5) is 18.3. The Morgan fingerprint density at radius 1 is 1.56 bits per heavy atom. The molecule has 0 saturated heterocycles. The number of ether oxygens (including phenoxy) is 1. The van der Waals surface area contributed by atoms with Crippen molar-refractivity contribution in [2.75, 3.05) is 25.1 Å². The molecule has 5 heteroatoms. The molecule has 18 heavy (non-hydrogen) atoms. The van der Waals surface area contributed by atoms with Crippen molar-refractivity contribution < 1.29 is 4.74 Å². The smallest absolute Gasteiger partial charge is 0.252 e. The summed E-state index contributed by atoms with van der Waals surface area (Å²) in [7, 11) is 0. The Morgan fingerprint density at radius 3 is 3.11 bits per heavy atom. The van der Waals surface area contributed by atoms with Gasteiger partial charge in [-0.2, -0.15) is 0 Å². The zero-order valence-corrected chi connectivity index (χ0v) is 10.9. The normalized spacial score (nSPS) is 14.7. The van der Waals surface area contributed by atoms with Crippen molar-refractivity contribution in [3.63, 3.8) is 0 Å². The third kappa shape index (κ3) is 4.49. The zero-order valence-electron chi connectivity index (χ0n) is 10.9. The zero-order chi connectivity index (χ0) is 12.8. The average Bonchev–Trinajstić information content (AvgIpc) is 3.17. The molecule has 1 aliphatic carbocycles. The van der Waals surface area contributed by atoms with E-state index in [0.717, 1.165) is 44.3 Å². The van der Waals surface area contributed by atoms with Gasteiger partial charge in [-0.15, -0.1) is 0 Å². The van der Waals surface area contributed by atoms with E-state index >= 15 is 0 Å². The van der Waals surface area contributed by atoms with Crippen LogP contribution in [0, 0.1) is 5.92 Å². The van der Waals surface area contributed by atoms with Gasteiger partial charge in [0.2, 0.25) is 0 Å². The molecule has 0 aromatic carbocycles. The van der Waals surface area contributed by atoms with E-state index in [2.05, 4.69) is 15.3 Å². The van der Waals surface area contributed by atoms with Gasteiger partial charge in [0.25, 0.3) is 5.56 Å². The summed E-state index contributed by atoms with van der Waals surface area (Å²) in [6.07, 6.45) is 4.32. The molecule has 2 rings (SSSR count). The van der Waals surface area contributed by atoms with Gasteiger partial charge in [0.1, 0.15) is 11.6 Å². The second-order valence-corrected chi connectivity index (χ2v) is 4.73. The lowest BCUT2D eigenvalue weighted by molar-refractivity contribution is 0.124. The number of aryl methyl sites for hydroxylation is 1. The van der Waals surface area contributed by atoms with Gasteiger partial charge in [0, 0.05) is 32.2 Å². The fourth-order valence-corrected chi connectivity index (χ4v) is 1.69. The summed E-state index contributed by atoms with van der Waals surface area (Å²) < 4.78 is 5.54. The molecule has 0 unspecified atom stereocenters. The van der Waals surface area contributed by atoms with Crippen molar-refractivity contribution in [3.8, 4) is 0 Å². The number of rotatable bonds is 8. The first-order valence-electron chi connectivity index (χ1n) is 6.69. The summed E-state index contributed by atoms with van der Waals surface area (Å²) in [5.41, 5.74) is -0.102. The quantitative estimate of drug-likeness (QED) is 0.688. The largest absolute Gasteiger partial charge is 0.381 e. The monoisotopic (exact) mass is 251 g/mol. The second kappa shape index (κ2) is 6.54. The highest BCUT2D eigenvalue weighted by molar-refractivity contribution is 5.32. The van der Waals surface area contributed by atoms with Gasteiger partial charge in [-0.05, 0) is 25.2 Å². The SMILES string of the molecule is CCc1nc(NCCCOCC2CC2)cc(=O)[nH]1. The molecule has 0 amide bonds. The highest BCUT2D eigenvalue weighted by Gasteiger charge is 2.20. The topological polar surface area (TPSA) is 67.0 Å². The number of hydrogen-bond acceptors (Lipinski definition) is 4. The summed E-state index contributed by atoms with van der Waals surface area (Å²) >= 11 is 0. The molecule has 100 valence electrons. The highest BCUT2D eigenvalue weighted by atomic mass is 16.5. The summed E-state index contributed by atoms with van der Waals surface area (Å²) in [6, 6.07) is 1.49. The van der Waals surface area contributed by atoms with Crippen LogP contribution < -0.4 is 10.9 Å². The van der Waals surface area contributed by atoms with Crippen molar-refractivity contribution in [2.45, 2.75) is 32.6 Å². The Labute approximate surface area is 107 Å². The summed E-state index contributed by atoms with van der Waals surface area (Å²) in [5.74, 6) is 2.19. The lowest BCUT2D eigenvalue weighted by Crippen LogP contribution is -2.14. The maximum absolute atomic E-state index is 11.3. The minimum atomic E-state index is -0.102. The van der Waals surface area contributed by atoms with E-state index in [-0.39, 0.29) is 5.56 Å². The lowest BCUT2D eigenvalue weighted by Gasteiger charge is -2.07. The van der Waals surface area contributed by atoms with Crippen LogP contribution in [-0.4, -0.2) is 29.7 Å². The van der Waals surface area contributed by atoms with Crippen LogP contribution in [0.25, 0.3) is 0 Å². The minimum Gasteiger partial charge on any atom is -0.381 e. The fourth-order valence-electron chi connectivity index (χ4n) is 1.69. The highest BCUT2D eigenvalue weighted by Crippen LogP contribution is 2.28. The summed E-state index contributed by atoms with van der Waals surface area (Å²) in [6.45, 7) is 4.43. The van der Waals surface area contributed by atoms with E-state index in [1.165, 1.54) is 18.9 Å². The van der Waals surface area contributed by atoms with Gasteiger partial charge in [-0.3, -0.25) is 4.79 Å². The maximum atomic E-state index is 11.3. The van der Waals surface area contributed by atoms with E-state index in [1.54, 1.807) is 0 Å². The number of anilines is 1. The van der Waals surface area contributed by atoms with Crippen LogP contribution in [0.4, 0.5) is 5.82 Å². The standard InChI is InChI=1S/C13H21N3O2/c1-2-11-15-12(8-13(17)16-11)14-6-3-7-18-9-10-4-5-10/h8,10H,2-7,9H2,1H3,(H2,14,15,16,17). The fraction of sp³-hybridized carbons (Fsp3) is 0.692. The Hall–Kier alpha value is -1.36. The van der Waals surface area contributed by atoms with Crippen molar-refractivity contribution in [3.05, 3.63) is 22.2 Å². The van der Waals surface area contributed by atoms with Crippen LogP contribution in [0.15, 0.2) is 10.9 Å². The van der Waals surface area contributed by atoms with Crippen LogP contribution >= 0.6 is 0 Å². The number of nitrogens with zero attached hydrogens (tertiary/aromatic N) is 1. The molecule has 0 spiro atoms. The molecule has 1 fully saturated rings. The predicted octanol–water partition coefficient (Wildman–Crippen LogP) is 1.56. The number of nitrogens with one attached hydrogen (secondary N) is 2. The molecule has 1 aromatic rings. The molecule has 0 bridgehead atoms. The number of hydrogen-bond donors (Lipinski definition) is 2. The molecule has 0 aliphatic heterocycles. The first-order valence-corrected chi connectivity index (χ1v) is 6.69. The van der Waals surface area contributed by atoms with Crippen LogP contribution in [0.3, 0.4) is 0 Å². The molecule has 0 atom stereocenters. The molecule has 0 radical (unpaired) electrons. The van der Waals surface area contributed by atoms with E-state index in [9.17, 15) is 4.79 Å². The van der Waals surface area contributed by atoms with E-state index in [1.807, 2.05) is 6.92 Å². The van der Waals surface area contributed by atoms with Crippen LogP contribution in [-0.2, 0) is 11.2 Å². The first kappa shape index (κ1) is 13.1. The Morgan fingerprint density at radius 2 is 2.39 bits per heavy atom. The molecule has 2 N–H and O–H groups in total. The van der Waals surface area contributed by atoms with Gasteiger partial charge in [0.05, 0.1) is 0 Å². The predicted molar refractivity (Wildman–Crippen MR) is 70.9 cm³/mol. The van der Waals surface area contributed by atoms with Gasteiger partial charge >= 0.3 is 0 Å². The molecule has 1 saturated carbocycles. The third-order valence-corrected chi connectivity index (χ3v) is 2.95. The van der Waals surface area contributed by atoms with Crippen LogP contribution in [0.5, 0.6) is 0 Å². The van der Waals surface area contributed by atoms with E-state index < -0.39 is 0 Å². The third-order valence-electron chi connectivity index (χ3n) is 2.95. The van der Waals surface area contributed by atoms with Crippen LogP contribution in [0.2, 0.25) is 0 Å². The minimum absolute atomic E-state index is 0.102. The van der Waals surface area contributed by atoms with Crippen molar-refractivity contribution >= 4 is 5.82 Å². The Kier molecular flexibility index (Phi) is 4.75. The second-order valence-electron chi connectivity index (χ2n) is 4.73. The number of aromatic amines is 1. The molecular formula is C13H21N3O2. The van der Waals surface area contributed by atoms with Gasteiger partial charge in [-0.1, -0.05) is 6.92 Å². The van der Waals surface area contributed by atoms with Gasteiger partial charge in [-0.25, -0.2) is 4.98 Å². The first-order chi connectivity index (χ1) is 8.78. The van der Waals surface area contributed by atoms with E-state index in [4.69, 9.17) is 4.74 Å².